The van der Waals surface area contributed by atoms with Crippen molar-refractivity contribution >= 4 is 28.1 Å². The van der Waals surface area contributed by atoms with Gasteiger partial charge in [-0.1, -0.05) is 18.2 Å². The number of carbonyl (C=O) groups excluding carboxylic acids is 1. The monoisotopic (exact) mass is 485 g/mol. The normalized spacial score (nSPS) is 11.4. The lowest BCUT2D eigenvalue weighted by Gasteiger charge is -2.13. The van der Waals surface area contributed by atoms with Crippen LogP contribution < -0.4 is 19.5 Å². The first kappa shape index (κ1) is 24.9. The topological polar surface area (TPSA) is 69.9 Å². The van der Waals surface area contributed by atoms with Crippen molar-refractivity contribution in [2.24, 2.45) is 0 Å². The van der Waals surface area contributed by atoms with E-state index in [4.69, 9.17) is 18.6 Å². The van der Waals surface area contributed by atoms with Gasteiger partial charge >= 0.3 is 0 Å². The zero-order valence-electron chi connectivity index (χ0n) is 21.5. The van der Waals surface area contributed by atoms with E-state index in [0.717, 1.165) is 44.5 Å². The second kappa shape index (κ2) is 10.6. The Bertz CT molecular complexity index is 1450. The van der Waals surface area contributed by atoms with Gasteiger partial charge in [-0.3, -0.25) is 4.79 Å². The Morgan fingerprint density at radius 3 is 2.47 bits per heavy atom. The lowest BCUT2D eigenvalue weighted by Crippen LogP contribution is -2.10. The largest absolute Gasteiger partial charge is 0.493 e. The van der Waals surface area contributed by atoms with Gasteiger partial charge < -0.3 is 23.9 Å². The average Bonchev–Trinajstić information content (AvgIpc) is 3.28. The number of carbonyl (C=O) groups is 1. The smallest absolute Gasteiger partial charge is 0.248 e. The summed E-state index contributed by atoms with van der Waals surface area (Å²) in [4.78, 5) is 12.9. The minimum absolute atomic E-state index is 0.198. The van der Waals surface area contributed by atoms with Crippen LogP contribution >= 0.6 is 0 Å². The molecule has 1 aromatic heterocycles. The summed E-state index contributed by atoms with van der Waals surface area (Å²) in [6, 6.07) is 15.6. The molecule has 36 heavy (non-hydrogen) atoms. The van der Waals surface area contributed by atoms with E-state index >= 15 is 0 Å². The first-order valence-corrected chi connectivity index (χ1v) is 11.8. The quantitative estimate of drug-likeness (QED) is 0.268. The molecule has 0 aliphatic rings. The van der Waals surface area contributed by atoms with Crippen molar-refractivity contribution in [2.75, 3.05) is 26.1 Å². The fourth-order valence-corrected chi connectivity index (χ4v) is 4.18. The molecular formula is C30H31NO5. The molecule has 0 spiro atoms. The number of hydrogen-bond donors (Lipinski definition) is 1. The number of nitrogens with one attached hydrogen (secondary N) is 1. The van der Waals surface area contributed by atoms with Gasteiger partial charge in [0.05, 0.1) is 27.1 Å². The van der Waals surface area contributed by atoms with Gasteiger partial charge in [0.15, 0.2) is 11.5 Å². The average molecular weight is 486 g/mol. The second-order valence-corrected chi connectivity index (χ2v) is 8.63. The third kappa shape index (κ3) is 5.08. The van der Waals surface area contributed by atoms with Gasteiger partial charge in [0, 0.05) is 34.3 Å². The lowest BCUT2D eigenvalue weighted by atomic mass is 9.99. The molecule has 0 radical (unpaired) electrons. The zero-order chi connectivity index (χ0) is 25.8. The van der Waals surface area contributed by atoms with Gasteiger partial charge in [-0.2, -0.15) is 0 Å². The van der Waals surface area contributed by atoms with Crippen LogP contribution in [0, 0.1) is 13.8 Å². The first-order valence-electron chi connectivity index (χ1n) is 11.8. The van der Waals surface area contributed by atoms with Crippen molar-refractivity contribution in [3.05, 3.63) is 77.6 Å². The summed E-state index contributed by atoms with van der Waals surface area (Å²) in [6.07, 6.45) is 3.32. The van der Waals surface area contributed by atoms with E-state index < -0.39 is 0 Å². The molecule has 0 atom stereocenters. The van der Waals surface area contributed by atoms with Gasteiger partial charge in [0.2, 0.25) is 5.91 Å². The molecule has 0 fully saturated rings. The van der Waals surface area contributed by atoms with E-state index in [1.165, 1.54) is 0 Å². The SMILES string of the molecule is CCOc1cc2occ(-c3ccc(OC)c(OC)c3)c2cc1/C(C)=C/C(=O)Nc1cc(C)ccc1C. The molecule has 1 heterocycles. The molecule has 0 aliphatic heterocycles. The minimum Gasteiger partial charge on any atom is -0.493 e. The summed E-state index contributed by atoms with van der Waals surface area (Å²) in [5.74, 6) is 1.75. The van der Waals surface area contributed by atoms with E-state index in [1.54, 1.807) is 26.6 Å². The fraction of sp³-hybridized carbons (Fsp3) is 0.233. The van der Waals surface area contributed by atoms with Crippen LogP contribution in [0.1, 0.15) is 30.5 Å². The van der Waals surface area contributed by atoms with E-state index in [-0.39, 0.29) is 5.91 Å². The van der Waals surface area contributed by atoms with Gasteiger partial charge in [-0.25, -0.2) is 0 Å². The molecule has 6 nitrogen and oxygen atoms in total. The molecule has 0 bridgehead atoms. The molecule has 1 N–H and O–H groups in total. The molecule has 0 saturated heterocycles. The number of fused-ring (bicyclic) bond motifs is 1. The third-order valence-corrected chi connectivity index (χ3v) is 6.09. The summed E-state index contributed by atoms with van der Waals surface area (Å²) in [6.45, 7) is 8.30. The van der Waals surface area contributed by atoms with Crippen molar-refractivity contribution in [1.82, 2.24) is 0 Å². The number of aryl methyl sites for hydroxylation is 2. The number of methoxy groups -OCH3 is 2. The Kier molecular flexibility index (Phi) is 7.34. The zero-order valence-corrected chi connectivity index (χ0v) is 21.5. The molecule has 4 aromatic rings. The van der Waals surface area contributed by atoms with Crippen LogP contribution in [-0.2, 0) is 4.79 Å². The maximum atomic E-state index is 12.9. The Morgan fingerprint density at radius 1 is 0.972 bits per heavy atom. The Labute approximate surface area is 211 Å². The number of anilines is 1. The van der Waals surface area contributed by atoms with Gasteiger partial charge in [-0.05, 0) is 74.2 Å². The van der Waals surface area contributed by atoms with Crippen LogP contribution in [0.25, 0.3) is 27.7 Å². The maximum Gasteiger partial charge on any atom is 0.248 e. The van der Waals surface area contributed by atoms with Crippen molar-refractivity contribution < 1.29 is 23.4 Å². The highest BCUT2D eigenvalue weighted by molar-refractivity contribution is 6.05. The van der Waals surface area contributed by atoms with Crippen molar-refractivity contribution in [3.8, 4) is 28.4 Å². The summed E-state index contributed by atoms with van der Waals surface area (Å²) >= 11 is 0. The fourth-order valence-electron chi connectivity index (χ4n) is 4.18. The molecule has 4 rings (SSSR count). The van der Waals surface area contributed by atoms with E-state index in [9.17, 15) is 4.79 Å². The number of benzene rings is 3. The highest BCUT2D eigenvalue weighted by atomic mass is 16.5. The van der Waals surface area contributed by atoms with Crippen LogP contribution in [0.15, 0.2) is 65.3 Å². The number of hydrogen-bond acceptors (Lipinski definition) is 5. The maximum absolute atomic E-state index is 12.9. The molecule has 0 unspecified atom stereocenters. The number of rotatable bonds is 8. The number of allylic oxidation sites excluding steroid dienone is 1. The second-order valence-electron chi connectivity index (χ2n) is 8.63. The highest BCUT2D eigenvalue weighted by Crippen LogP contribution is 2.40. The number of furan rings is 1. The van der Waals surface area contributed by atoms with Gasteiger partial charge in [0.25, 0.3) is 0 Å². The van der Waals surface area contributed by atoms with Crippen LogP contribution in [0.3, 0.4) is 0 Å². The Hall–Kier alpha value is -4.19. The standard InChI is InChI=1S/C30H31NO5/c1-7-35-27-16-28-23(24(17-36-28)21-10-11-26(33-5)29(14-21)34-6)15-22(27)20(4)13-30(32)31-25-12-18(2)8-9-19(25)3/h8-17H,7H2,1-6H3,(H,31,32)/b20-13+. The highest BCUT2D eigenvalue weighted by Gasteiger charge is 2.17. The summed E-state index contributed by atoms with van der Waals surface area (Å²) < 4.78 is 22.7. The predicted octanol–water partition coefficient (Wildman–Crippen LogP) is 7.17. The summed E-state index contributed by atoms with van der Waals surface area (Å²) in [5.41, 5.74) is 7.03. The number of amides is 1. The summed E-state index contributed by atoms with van der Waals surface area (Å²) in [7, 11) is 3.22. The van der Waals surface area contributed by atoms with Gasteiger partial charge in [-0.15, -0.1) is 0 Å². The lowest BCUT2D eigenvalue weighted by molar-refractivity contribution is -0.111. The minimum atomic E-state index is -0.198. The molecule has 6 heteroatoms. The molecule has 3 aromatic carbocycles. The van der Waals surface area contributed by atoms with Gasteiger partial charge in [0.1, 0.15) is 11.3 Å². The molecule has 0 aliphatic carbocycles. The van der Waals surface area contributed by atoms with E-state index in [2.05, 4.69) is 5.32 Å². The third-order valence-electron chi connectivity index (χ3n) is 6.09. The Balaban J connectivity index is 1.75. The first-order chi connectivity index (χ1) is 17.3. The van der Waals surface area contributed by atoms with Crippen LogP contribution in [0.4, 0.5) is 5.69 Å². The Morgan fingerprint density at radius 2 is 1.75 bits per heavy atom. The molecule has 0 saturated carbocycles. The van der Waals surface area contributed by atoms with Crippen molar-refractivity contribution in [2.45, 2.75) is 27.7 Å². The molecular weight excluding hydrogens is 454 g/mol. The number of ether oxygens (including phenoxy) is 3. The van der Waals surface area contributed by atoms with E-state index in [1.807, 2.05) is 76.2 Å². The summed E-state index contributed by atoms with van der Waals surface area (Å²) in [5, 5.41) is 3.90. The van der Waals surface area contributed by atoms with E-state index in [0.29, 0.717) is 29.4 Å². The molecule has 186 valence electrons. The van der Waals surface area contributed by atoms with Crippen LogP contribution in [-0.4, -0.2) is 26.7 Å². The molecule has 1 amide bonds. The van der Waals surface area contributed by atoms with Crippen LogP contribution in [0.2, 0.25) is 0 Å². The predicted molar refractivity (Wildman–Crippen MR) is 144 cm³/mol. The van der Waals surface area contributed by atoms with Crippen LogP contribution in [0.5, 0.6) is 17.2 Å². The van der Waals surface area contributed by atoms with Crippen molar-refractivity contribution in [1.29, 1.82) is 0 Å². The van der Waals surface area contributed by atoms with Crippen molar-refractivity contribution in [3.63, 3.8) is 0 Å².